The van der Waals surface area contributed by atoms with Crippen molar-refractivity contribution >= 4 is 44.6 Å². The summed E-state index contributed by atoms with van der Waals surface area (Å²) in [6, 6.07) is 8.02. The Labute approximate surface area is 185 Å². The second-order valence-electron chi connectivity index (χ2n) is 6.76. The number of benzene rings is 2. The molecule has 4 rings (SSSR count). The molecule has 1 aliphatic heterocycles. The predicted molar refractivity (Wildman–Crippen MR) is 112 cm³/mol. The van der Waals surface area contributed by atoms with Crippen molar-refractivity contribution in [1.82, 2.24) is 14.5 Å². The Morgan fingerprint density at radius 3 is 2.74 bits per heavy atom. The molecule has 2 heterocycles. The Morgan fingerprint density at radius 1 is 1.19 bits per heavy atom. The van der Waals surface area contributed by atoms with Crippen LogP contribution in [0.15, 0.2) is 47.4 Å². The Hall–Kier alpha value is -2.47. The molecular weight excluding hydrogens is 470 g/mol. The maximum atomic E-state index is 13.4. The van der Waals surface area contributed by atoms with Crippen molar-refractivity contribution in [3.8, 4) is 0 Å². The van der Waals surface area contributed by atoms with E-state index in [2.05, 4.69) is 15.5 Å². The molecule has 0 unspecified atom stereocenters. The monoisotopic (exact) mass is 484 g/mol. The first-order valence-corrected chi connectivity index (χ1v) is 11.8. The van der Waals surface area contributed by atoms with E-state index in [-0.39, 0.29) is 27.2 Å². The van der Waals surface area contributed by atoms with E-state index in [0.717, 1.165) is 29.5 Å². The van der Waals surface area contributed by atoms with Gasteiger partial charge in [0.05, 0.1) is 16.0 Å². The molecule has 1 amide bonds. The van der Waals surface area contributed by atoms with Crippen molar-refractivity contribution in [3.63, 3.8) is 0 Å². The molecule has 2 aromatic carbocycles. The molecule has 1 aromatic heterocycles. The van der Waals surface area contributed by atoms with Gasteiger partial charge in [-0.1, -0.05) is 29.0 Å². The standard InChI is InChI=1S/C19H15ClF2N4O3S2/c20-14-10-13(6-7-15(14)22)31(28,29)26-8-2-5-16(26)18-24-25-19(30-18)17(27)23-12-4-1-3-11(21)9-12/h1,3-4,6-7,9-10,16H,2,5,8H2,(H,23,27)/t16-/m0/s1. The number of amides is 1. The highest BCUT2D eigenvalue weighted by molar-refractivity contribution is 7.89. The van der Waals surface area contributed by atoms with Gasteiger partial charge in [0, 0.05) is 12.2 Å². The number of rotatable bonds is 5. The number of sulfonamides is 1. The second-order valence-corrected chi connectivity index (χ2v) is 10.1. The van der Waals surface area contributed by atoms with E-state index in [0.29, 0.717) is 17.8 Å². The number of nitrogens with one attached hydrogen (secondary N) is 1. The molecule has 0 radical (unpaired) electrons. The van der Waals surface area contributed by atoms with Crippen LogP contribution in [-0.2, 0) is 10.0 Å². The van der Waals surface area contributed by atoms with Gasteiger partial charge in [-0.25, -0.2) is 17.2 Å². The summed E-state index contributed by atoms with van der Waals surface area (Å²) in [6.45, 7) is 0.242. The first-order valence-electron chi connectivity index (χ1n) is 9.13. The van der Waals surface area contributed by atoms with Crippen LogP contribution < -0.4 is 5.32 Å². The van der Waals surface area contributed by atoms with Crippen LogP contribution in [0.1, 0.15) is 33.7 Å². The minimum Gasteiger partial charge on any atom is -0.320 e. The van der Waals surface area contributed by atoms with Crippen molar-refractivity contribution in [2.75, 3.05) is 11.9 Å². The number of anilines is 1. The summed E-state index contributed by atoms with van der Waals surface area (Å²) in [5, 5.41) is 10.5. The van der Waals surface area contributed by atoms with Crippen LogP contribution in [0.3, 0.4) is 0 Å². The van der Waals surface area contributed by atoms with Crippen molar-refractivity contribution in [2.24, 2.45) is 0 Å². The van der Waals surface area contributed by atoms with Crippen molar-refractivity contribution in [2.45, 2.75) is 23.8 Å². The molecule has 7 nitrogen and oxygen atoms in total. The largest absolute Gasteiger partial charge is 0.320 e. The van der Waals surface area contributed by atoms with E-state index in [9.17, 15) is 22.0 Å². The lowest BCUT2D eigenvalue weighted by atomic mass is 10.2. The molecule has 1 atom stereocenters. The lowest BCUT2D eigenvalue weighted by molar-refractivity contribution is 0.102. The molecule has 3 aromatic rings. The maximum absolute atomic E-state index is 13.4. The Kier molecular flexibility index (Phi) is 6.02. The highest BCUT2D eigenvalue weighted by Gasteiger charge is 2.38. The Balaban J connectivity index is 1.56. The summed E-state index contributed by atoms with van der Waals surface area (Å²) in [6.07, 6.45) is 1.08. The number of hydrogen-bond donors (Lipinski definition) is 1. The van der Waals surface area contributed by atoms with E-state index in [1.54, 1.807) is 0 Å². The van der Waals surface area contributed by atoms with Gasteiger partial charge in [0.1, 0.15) is 16.6 Å². The zero-order valence-corrected chi connectivity index (χ0v) is 18.1. The minimum atomic E-state index is -3.96. The van der Waals surface area contributed by atoms with Gasteiger partial charge in [0.2, 0.25) is 15.0 Å². The zero-order chi connectivity index (χ0) is 22.2. The molecule has 1 N–H and O–H groups in total. The molecule has 12 heteroatoms. The van der Waals surface area contributed by atoms with E-state index >= 15 is 0 Å². The molecule has 1 fully saturated rings. The van der Waals surface area contributed by atoms with Gasteiger partial charge in [0.25, 0.3) is 5.91 Å². The average molecular weight is 485 g/mol. The Morgan fingerprint density at radius 2 is 2.00 bits per heavy atom. The fourth-order valence-corrected chi connectivity index (χ4v) is 6.14. The van der Waals surface area contributed by atoms with Crippen molar-refractivity contribution < 1.29 is 22.0 Å². The molecule has 31 heavy (non-hydrogen) atoms. The van der Waals surface area contributed by atoms with Gasteiger partial charge >= 0.3 is 0 Å². The van der Waals surface area contributed by atoms with Gasteiger partial charge in [0.15, 0.2) is 0 Å². The molecular formula is C19H15ClF2N4O3S2. The van der Waals surface area contributed by atoms with E-state index in [1.165, 1.54) is 28.6 Å². The van der Waals surface area contributed by atoms with Gasteiger partial charge < -0.3 is 5.32 Å². The number of halogens is 3. The van der Waals surface area contributed by atoms with Crippen molar-refractivity contribution in [1.29, 1.82) is 0 Å². The van der Waals surface area contributed by atoms with Crippen molar-refractivity contribution in [3.05, 3.63) is 69.1 Å². The van der Waals surface area contributed by atoms with Crippen LogP contribution >= 0.6 is 22.9 Å². The van der Waals surface area contributed by atoms with Gasteiger partial charge in [-0.3, -0.25) is 4.79 Å². The quantitative estimate of drug-likeness (QED) is 0.584. The lowest BCUT2D eigenvalue weighted by Gasteiger charge is -2.22. The SMILES string of the molecule is O=C(Nc1cccc(F)c1)c1nnc([C@@H]2CCCN2S(=O)(=O)c2ccc(F)c(Cl)c2)s1. The first-order chi connectivity index (χ1) is 14.8. The van der Waals surface area contributed by atoms with E-state index < -0.39 is 33.6 Å². The molecule has 0 saturated carbocycles. The molecule has 1 aliphatic rings. The topological polar surface area (TPSA) is 92.3 Å². The number of nitrogens with zero attached hydrogens (tertiary/aromatic N) is 3. The highest BCUT2D eigenvalue weighted by atomic mass is 35.5. The maximum Gasteiger partial charge on any atom is 0.286 e. The normalized spacial score (nSPS) is 17.1. The predicted octanol–water partition coefficient (Wildman–Crippen LogP) is 4.25. The van der Waals surface area contributed by atoms with Crippen LogP contribution in [0, 0.1) is 11.6 Å². The third-order valence-electron chi connectivity index (χ3n) is 4.70. The third kappa shape index (κ3) is 4.45. The number of carbonyl (C=O) groups is 1. The van der Waals surface area contributed by atoms with Gasteiger partial charge in [-0.15, -0.1) is 10.2 Å². The minimum absolute atomic E-state index is 0.0216. The second kappa shape index (κ2) is 8.58. The van der Waals surface area contributed by atoms with Gasteiger partial charge in [-0.05, 0) is 49.2 Å². The van der Waals surface area contributed by atoms with E-state index in [4.69, 9.17) is 11.6 Å². The number of hydrogen-bond acceptors (Lipinski definition) is 6. The van der Waals surface area contributed by atoms with Crippen LogP contribution in [0.25, 0.3) is 0 Å². The van der Waals surface area contributed by atoms with E-state index in [1.807, 2.05) is 0 Å². The molecule has 162 valence electrons. The number of aromatic nitrogens is 2. The smallest absolute Gasteiger partial charge is 0.286 e. The van der Waals surface area contributed by atoms with Crippen LogP contribution in [0.2, 0.25) is 5.02 Å². The fourth-order valence-electron chi connectivity index (χ4n) is 3.26. The van der Waals surface area contributed by atoms with Crippen LogP contribution in [0.5, 0.6) is 0 Å². The van der Waals surface area contributed by atoms with Crippen LogP contribution in [0.4, 0.5) is 14.5 Å². The zero-order valence-electron chi connectivity index (χ0n) is 15.8. The van der Waals surface area contributed by atoms with Crippen LogP contribution in [-0.4, -0.2) is 35.4 Å². The Bertz CT molecular complexity index is 1250. The molecule has 0 spiro atoms. The lowest BCUT2D eigenvalue weighted by Crippen LogP contribution is -2.30. The summed E-state index contributed by atoms with van der Waals surface area (Å²) in [5.74, 6) is -1.79. The molecule has 1 saturated heterocycles. The third-order valence-corrected chi connectivity index (χ3v) is 7.92. The first kappa shape index (κ1) is 21.8. The molecule has 0 aliphatic carbocycles. The summed E-state index contributed by atoms with van der Waals surface area (Å²) in [7, 11) is -3.96. The van der Waals surface area contributed by atoms with Gasteiger partial charge in [-0.2, -0.15) is 4.31 Å². The summed E-state index contributed by atoms with van der Waals surface area (Å²) < 4.78 is 54.2. The molecule has 0 bridgehead atoms. The summed E-state index contributed by atoms with van der Waals surface area (Å²) in [5.41, 5.74) is 0.264. The number of carbonyl (C=O) groups excluding carboxylic acids is 1. The summed E-state index contributed by atoms with van der Waals surface area (Å²) >= 11 is 6.71. The highest BCUT2D eigenvalue weighted by Crippen LogP contribution is 2.38. The average Bonchev–Trinajstić information content (AvgIpc) is 3.39. The fraction of sp³-hybridized carbons (Fsp3) is 0.211. The summed E-state index contributed by atoms with van der Waals surface area (Å²) in [4.78, 5) is 12.3.